The predicted molar refractivity (Wildman–Crippen MR) is 111 cm³/mol. The number of hydrogen-bond acceptors (Lipinski definition) is 9. The number of carbonyl (C=O) groups excluding carboxylic acids is 2. The highest BCUT2D eigenvalue weighted by atomic mass is 16.6. The molecule has 12 nitrogen and oxygen atoms in total. The van der Waals surface area contributed by atoms with Crippen LogP contribution in [-0.4, -0.2) is 46.9 Å². The quantitative estimate of drug-likeness (QED) is 0.548. The molecule has 168 valence electrons. The number of nitrogens with two attached hydrogens (primary N) is 1. The van der Waals surface area contributed by atoms with Crippen LogP contribution in [0.25, 0.3) is 0 Å². The van der Waals surface area contributed by atoms with Crippen LogP contribution in [0.4, 0.5) is 26.8 Å². The van der Waals surface area contributed by atoms with Gasteiger partial charge in [-0.1, -0.05) is 6.07 Å². The maximum absolute atomic E-state index is 12.7. The van der Waals surface area contributed by atoms with E-state index in [1.54, 1.807) is 26.8 Å². The molecule has 12 heteroatoms. The fourth-order valence-electron chi connectivity index (χ4n) is 2.20. The van der Waals surface area contributed by atoms with E-state index in [-0.39, 0.29) is 23.8 Å². The third-order valence-corrected chi connectivity index (χ3v) is 3.36. The summed E-state index contributed by atoms with van der Waals surface area (Å²) in [6.45, 7) is 5.33. The Bertz CT molecular complexity index is 900. The summed E-state index contributed by atoms with van der Waals surface area (Å²) in [5.41, 5.74) is 4.04. The number of hydrogen-bond donors (Lipinski definition) is 1. The van der Waals surface area contributed by atoms with Crippen LogP contribution in [0.1, 0.15) is 26.3 Å². The summed E-state index contributed by atoms with van der Waals surface area (Å²) in [7, 11) is 2.72. The molecule has 0 fully saturated rings. The standard InChI is InChI=1S/C17H20N4O5.C2H5NO2/c1-17(2,3)26-16(22)20(15-7-8-18-11-19-15)13-6-5-12(10-25-4)9-14(13)21(23)24;1-5-2(3)4/h5-9,11H,10H2,1-4H3;1H3,(H2,3,4). The van der Waals surface area contributed by atoms with Gasteiger partial charge in [-0.2, -0.15) is 0 Å². The maximum atomic E-state index is 12.7. The number of ether oxygens (including phenoxy) is 3. The number of amides is 2. The fraction of sp³-hybridized carbons (Fsp3) is 0.368. The summed E-state index contributed by atoms with van der Waals surface area (Å²) in [6, 6.07) is 5.94. The molecule has 1 aromatic heterocycles. The van der Waals surface area contributed by atoms with E-state index in [0.29, 0.717) is 5.56 Å². The molecule has 2 rings (SSSR count). The Labute approximate surface area is 179 Å². The number of rotatable bonds is 5. The van der Waals surface area contributed by atoms with Crippen LogP contribution in [0.3, 0.4) is 0 Å². The number of benzene rings is 1. The number of nitro groups is 1. The molecule has 0 saturated heterocycles. The predicted octanol–water partition coefficient (Wildman–Crippen LogP) is 3.32. The average molecular weight is 435 g/mol. The van der Waals surface area contributed by atoms with Crippen molar-refractivity contribution in [2.45, 2.75) is 33.0 Å². The first kappa shape index (κ1) is 25.2. The summed E-state index contributed by atoms with van der Waals surface area (Å²) in [5.74, 6) is 0.164. The lowest BCUT2D eigenvalue weighted by molar-refractivity contribution is -0.384. The monoisotopic (exact) mass is 435 g/mol. The minimum absolute atomic E-state index is 0.0443. The van der Waals surface area contributed by atoms with Crippen molar-refractivity contribution in [2.24, 2.45) is 5.73 Å². The SMILES string of the molecule is COC(N)=O.COCc1ccc(N(C(=O)OC(C)(C)C)c2ccncn2)c([N+](=O)[O-])c1. The van der Waals surface area contributed by atoms with Crippen LogP contribution >= 0.6 is 0 Å². The molecule has 0 bridgehead atoms. The van der Waals surface area contributed by atoms with Gasteiger partial charge in [0.15, 0.2) is 0 Å². The van der Waals surface area contributed by atoms with Crippen molar-refractivity contribution >= 4 is 29.4 Å². The highest BCUT2D eigenvalue weighted by Gasteiger charge is 2.31. The second kappa shape index (κ2) is 11.4. The highest BCUT2D eigenvalue weighted by Crippen LogP contribution is 2.34. The van der Waals surface area contributed by atoms with E-state index in [2.05, 4.69) is 20.4 Å². The number of carbonyl (C=O) groups is 2. The van der Waals surface area contributed by atoms with Crippen molar-refractivity contribution in [1.29, 1.82) is 0 Å². The smallest absolute Gasteiger partial charge is 0.420 e. The lowest BCUT2D eigenvalue weighted by atomic mass is 10.1. The molecular formula is C19H25N5O7. The number of methoxy groups -OCH3 is 2. The zero-order chi connectivity index (χ0) is 23.6. The summed E-state index contributed by atoms with van der Waals surface area (Å²) < 4.78 is 14.3. The number of anilines is 2. The van der Waals surface area contributed by atoms with Crippen LogP contribution in [0.15, 0.2) is 36.8 Å². The normalized spacial score (nSPS) is 10.4. The van der Waals surface area contributed by atoms with Crippen LogP contribution in [0.5, 0.6) is 0 Å². The Morgan fingerprint density at radius 2 is 1.87 bits per heavy atom. The molecule has 2 amide bonds. The molecule has 0 saturated carbocycles. The first-order valence-corrected chi connectivity index (χ1v) is 8.89. The van der Waals surface area contributed by atoms with Crippen molar-refractivity contribution in [3.8, 4) is 0 Å². The molecule has 0 atom stereocenters. The average Bonchev–Trinajstić information content (AvgIpc) is 2.69. The Hall–Kier alpha value is -3.80. The van der Waals surface area contributed by atoms with Gasteiger partial charge in [0, 0.05) is 19.4 Å². The van der Waals surface area contributed by atoms with Gasteiger partial charge in [-0.3, -0.25) is 10.1 Å². The molecule has 0 spiro atoms. The Morgan fingerprint density at radius 1 is 1.23 bits per heavy atom. The number of nitro benzene ring substituents is 1. The van der Waals surface area contributed by atoms with Gasteiger partial charge in [0.2, 0.25) is 0 Å². The second-order valence-electron chi connectivity index (χ2n) is 6.92. The van der Waals surface area contributed by atoms with E-state index in [1.165, 1.54) is 44.9 Å². The second-order valence-corrected chi connectivity index (χ2v) is 6.92. The first-order valence-electron chi connectivity index (χ1n) is 8.89. The van der Waals surface area contributed by atoms with Crippen molar-refractivity contribution in [1.82, 2.24) is 9.97 Å². The molecule has 0 aliphatic rings. The van der Waals surface area contributed by atoms with Crippen molar-refractivity contribution < 1.29 is 28.7 Å². The van der Waals surface area contributed by atoms with E-state index in [9.17, 15) is 19.7 Å². The molecule has 31 heavy (non-hydrogen) atoms. The third kappa shape index (κ3) is 8.22. The maximum Gasteiger partial charge on any atom is 0.420 e. The topological polar surface area (TPSA) is 160 Å². The largest absolute Gasteiger partial charge is 0.453 e. The van der Waals surface area contributed by atoms with Crippen molar-refractivity contribution in [3.63, 3.8) is 0 Å². The van der Waals surface area contributed by atoms with E-state index in [0.717, 1.165) is 4.90 Å². The van der Waals surface area contributed by atoms with Crippen LogP contribution < -0.4 is 10.6 Å². The molecule has 0 unspecified atom stereocenters. The minimum atomic E-state index is -0.785. The van der Waals surface area contributed by atoms with Crippen LogP contribution in [-0.2, 0) is 20.8 Å². The summed E-state index contributed by atoms with van der Waals surface area (Å²) in [4.78, 5) is 42.0. The number of nitrogens with zero attached hydrogens (tertiary/aromatic N) is 4. The van der Waals surface area contributed by atoms with Gasteiger partial charge in [-0.15, -0.1) is 0 Å². The van der Waals surface area contributed by atoms with E-state index < -0.39 is 22.7 Å². The van der Waals surface area contributed by atoms with Crippen molar-refractivity contribution in [3.05, 3.63) is 52.5 Å². The highest BCUT2D eigenvalue weighted by molar-refractivity contribution is 5.97. The summed E-state index contributed by atoms with van der Waals surface area (Å²) >= 11 is 0. The fourth-order valence-corrected chi connectivity index (χ4v) is 2.20. The lowest BCUT2D eigenvalue weighted by Gasteiger charge is -2.26. The van der Waals surface area contributed by atoms with Gasteiger partial charge < -0.3 is 19.9 Å². The molecular weight excluding hydrogens is 410 g/mol. The Balaban J connectivity index is 0.000000861. The summed E-state index contributed by atoms with van der Waals surface area (Å²) in [6.07, 6.45) is 1.16. The van der Waals surface area contributed by atoms with E-state index >= 15 is 0 Å². The van der Waals surface area contributed by atoms with Crippen molar-refractivity contribution in [2.75, 3.05) is 19.1 Å². The van der Waals surface area contributed by atoms with Gasteiger partial charge in [0.05, 0.1) is 18.6 Å². The van der Waals surface area contributed by atoms with Gasteiger partial charge in [-0.25, -0.2) is 24.5 Å². The van der Waals surface area contributed by atoms with Gasteiger partial charge in [0.1, 0.15) is 23.4 Å². The zero-order valence-electron chi connectivity index (χ0n) is 17.9. The zero-order valence-corrected chi connectivity index (χ0v) is 17.9. The lowest BCUT2D eigenvalue weighted by Crippen LogP contribution is -2.34. The van der Waals surface area contributed by atoms with Gasteiger partial charge >= 0.3 is 12.2 Å². The molecule has 2 N–H and O–H groups in total. The molecule has 0 radical (unpaired) electrons. The van der Waals surface area contributed by atoms with E-state index in [1.807, 2.05) is 0 Å². The number of aromatic nitrogens is 2. The molecule has 1 heterocycles. The molecule has 2 aromatic rings. The molecule has 0 aliphatic heterocycles. The Kier molecular flexibility index (Phi) is 9.28. The summed E-state index contributed by atoms with van der Waals surface area (Å²) in [5, 5.41) is 11.6. The molecule has 1 aromatic carbocycles. The number of primary amides is 1. The van der Waals surface area contributed by atoms with Crippen LogP contribution in [0.2, 0.25) is 0 Å². The molecule has 0 aliphatic carbocycles. The van der Waals surface area contributed by atoms with Gasteiger partial charge in [-0.05, 0) is 38.5 Å². The van der Waals surface area contributed by atoms with Gasteiger partial charge in [0.25, 0.3) is 5.69 Å². The van der Waals surface area contributed by atoms with Crippen LogP contribution in [0, 0.1) is 10.1 Å². The Morgan fingerprint density at radius 3 is 2.32 bits per heavy atom. The third-order valence-electron chi connectivity index (χ3n) is 3.36. The first-order chi connectivity index (χ1) is 14.5. The minimum Gasteiger partial charge on any atom is -0.453 e. The van der Waals surface area contributed by atoms with E-state index in [4.69, 9.17) is 9.47 Å².